The minimum Gasteiger partial charge on any atom is -0.378 e. The van der Waals surface area contributed by atoms with Crippen LogP contribution in [0.1, 0.15) is 12.8 Å². The Morgan fingerprint density at radius 3 is 2.64 bits per heavy atom. The number of piperidine rings is 1. The van der Waals surface area contributed by atoms with Gasteiger partial charge in [-0.3, -0.25) is 0 Å². The molecule has 2 saturated heterocycles. The third kappa shape index (κ3) is 3.57. The number of morpholine rings is 1. The molecule has 0 unspecified atom stereocenters. The monoisotopic (exact) mass is 380 g/mol. The Bertz CT molecular complexity index is 930. The third-order valence-corrected chi connectivity index (χ3v) is 5.35. The Balaban J connectivity index is 1.20. The molecule has 0 spiro atoms. The number of anilines is 3. The van der Waals surface area contributed by atoms with E-state index in [1.807, 2.05) is 30.6 Å². The van der Waals surface area contributed by atoms with Crippen LogP contribution in [0.3, 0.4) is 0 Å². The molecule has 1 N–H and O–H groups in total. The summed E-state index contributed by atoms with van der Waals surface area (Å²) in [4.78, 5) is 18.3. The summed E-state index contributed by atoms with van der Waals surface area (Å²) in [6, 6.07) is 6.32. The lowest BCUT2D eigenvalue weighted by Gasteiger charge is -2.33. The molecule has 0 aliphatic carbocycles. The first-order valence-corrected chi connectivity index (χ1v) is 9.83. The second-order valence-corrected chi connectivity index (χ2v) is 7.17. The summed E-state index contributed by atoms with van der Waals surface area (Å²) >= 11 is 0. The maximum Gasteiger partial charge on any atom is 0.227 e. The number of aromatic nitrogens is 5. The van der Waals surface area contributed by atoms with Gasteiger partial charge in [0.15, 0.2) is 5.65 Å². The number of hydrogen-bond donors (Lipinski definition) is 1. The Kier molecular flexibility index (Phi) is 4.66. The minimum atomic E-state index is 0.405. The van der Waals surface area contributed by atoms with Crippen molar-refractivity contribution in [2.75, 3.05) is 54.5 Å². The van der Waals surface area contributed by atoms with E-state index in [-0.39, 0.29) is 0 Å². The molecule has 3 aromatic heterocycles. The lowest BCUT2D eigenvalue weighted by Crippen LogP contribution is -2.40. The first-order valence-electron chi connectivity index (χ1n) is 9.83. The molecule has 5 rings (SSSR count). The van der Waals surface area contributed by atoms with Crippen LogP contribution in [0.25, 0.3) is 5.65 Å². The quantitative estimate of drug-likeness (QED) is 0.728. The average molecular weight is 380 g/mol. The minimum absolute atomic E-state index is 0.405. The molecule has 0 aromatic carbocycles. The standard InChI is InChI=1S/C19H24N8O/c1-6-20-19(26-11-13-28-14-12-26)23-16(1)22-15-3-8-25(9-4-15)17-5-10-27-18(24-17)2-7-21-27/h1-2,5-7,10,15H,3-4,8-9,11-14H2,(H,20,22,23). The molecule has 0 atom stereocenters. The fourth-order valence-electron chi connectivity index (χ4n) is 3.79. The number of fused-ring (bicyclic) bond motifs is 1. The number of nitrogens with zero attached hydrogens (tertiary/aromatic N) is 7. The van der Waals surface area contributed by atoms with Crippen molar-refractivity contribution in [1.82, 2.24) is 24.6 Å². The summed E-state index contributed by atoms with van der Waals surface area (Å²) in [6.07, 6.45) is 7.66. The van der Waals surface area contributed by atoms with Crippen LogP contribution in [0.5, 0.6) is 0 Å². The fraction of sp³-hybridized carbons (Fsp3) is 0.474. The zero-order valence-corrected chi connectivity index (χ0v) is 15.7. The molecule has 0 amide bonds. The lowest BCUT2D eigenvalue weighted by atomic mass is 10.1. The molecule has 3 aromatic rings. The predicted octanol–water partition coefficient (Wildman–Crippen LogP) is 1.44. The SMILES string of the molecule is c1cc(NC2CCN(c3ccn4nccc4n3)CC2)nc(N2CCOCC2)n1. The molecule has 146 valence electrons. The van der Waals surface area contributed by atoms with E-state index in [4.69, 9.17) is 14.7 Å². The summed E-state index contributed by atoms with van der Waals surface area (Å²) in [6.45, 7) is 5.09. The first-order chi connectivity index (χ1) is 13.8. The number of ether oxygens (including phenoxy) is 1. The Hall–Kier alpha value is -2.94. The van der Waals surface area contributed by atoms with Gasteiger partial charge in [-0.15, -0.1) is 0 Å². The van der Waals surface area contributed by atoms with Crippen LogP contribution in [-0.2, 0) is 4.74 Å². The molecule has 5 heterocycles. The number of rotatable bonds is 4. The van der Waals surface area contributed by atoms with Crippen LogP contribution in [0.15, 0.2) is 36.8 Å². The molecule has 9 nitrogen and oxygen atoms in total. The largest absolute Gasteiger partial charge is 0.378 e. The van der Waals surface area contributed by atoms with Gasteiger partial charge < -0.3 is 19.9 Å². The van der Waals surface area contributed by atoms with E-state index in [0.29, 0.717) is 6.04 Å². The zero-order valence-electron chi connectivity index (χ0n) is 15.7. The Morgan fingerprint density at radius 2 is 1.79 bits per heavy atom. The van der Waals surface area contributed by atoms with Crippen LogP contribution in [0.2, 0.25) is 0 Å². The Labute approximate surface area is 163 Å². The van der Waals surface area contributed by atoms with Gasteiger partial charge >= 0.3 is 0 Å². The van der Waals surface area contributed by atoms with Crippen LogP contribution >= 0.6 is 0 Å². The summed E-state index contributed by atoms with van der Waals surface area (Å²) < 4.78 is 7.20. The molecule has 28 heavy (non-hydrogen) atoms. The molecular weight excluding hydrogens is 356 g/mol. The van der Waals surface area contributed by atoms with E-state index in [1.165, 1.54) is 0 Å². The van der Waals surface area contributed by atoms with E-state index in [1.54, 1.807) is 10.7 Å². The van der Waals surface area contributed by atoms with E-state index in [2.05, 4.69) is 25.2 Å². The Morgan fingerprint density at radius 1 is 0.929 bits per heavy atom. The average Bonchev–Trinajstić information content (AvgIpc) is 3.23. The third-order valence-electron chi connectivity index (χ3n) is 5.35. The van der Waals surface area contributed by atoms with E-state index < -0.39 is 0 Å². The van der Waals surface area contributed by atoms with Crippen LogP contribution < -0.4 is 15.1 Å². The van der Waals surface area contributed by atoms with Gasteiger partial charge in [0, 0.05) is 50.7 Å². The predicted molar refractivity (Wildman–Crippen MR) is 107 cm³/mol. The van der Waals surface area contributed by atoms with Crippen molar-refractivity contribution in [3.05, 3.63) is 36.8 Å². The molecule has 2 fully saturated rings. The van der Waals surface area contributed by atoms with Crippen LogP contribution in [-0.4, -0.2) is 70.0 Å². The highest BCUT2D eigenvalue weighted by atomic mass is 16.5. The summed E-state index contributed by atoms with van der Waals surface area (Å²) in [5, 5.41) is 7.80. The van der Waals surface area contributed by atoms with Gasteiger partial charge in [-0.2, -0.15) is 10.1 Å². The second-order valence-electron chi connectivity index (χ2n) is 7.17. The van der Waals surface area contributed by atoms with Gasteiger partial charge in [0.2, 0.25) is 5.95 Å². The van der Waals surface area contributed by atoms with Crippen LogP contribution in [0, 0.1) is 0 Å². The summed E-state index contributed by atoms with van der Waals surface area (Å²) in [7, 11) is 0. The molecule has 9 heteroatoms. The highest BCUT2D eigenvalue weighted by Crippen LogP contribution is 2.21. The van der Waals surface area contributed by atoms with E-state index in [9.17, 15) is 0 Å². The van der Waals surface area contributed by atoms with Crippen molar-refractivity contribution in [3.63, 3.8) is 0 Å². The fourth-order valence-corrected chi connectivity index (χ4v) is 3.79. The van der Waals surface area contributed by atoms with Crippen molar-refractivity contribution < 1.29 is 4.74 Å². The van der Waals surface area contributed by atoms with Gasteiger partial charge in [-0.1, -0.05) is 0 Å². The smallest absolute Gasteiger partial charge is 0.227 e. The highest BCUT2D eigenvalue weighted by molar-refractivity contribution is 5.48. The molecule has 2 aliphatic rings. The summed E-state index contributed by atoms with van der Waals surface area (Å²) in [5.74, 6) is 2.70. The molecular formula is C19H24N8O. The topological polar surface area (TPSA) is 83.7 Å². The molecule has 0 bridgehead atoms. The van der Waals surface area contributed by atoms with Gasteiger partial charge in [0.25, 0.3) is 0 Å². The molecule has 0 saturated carbocycles. The molecule has 2 aliphatic heterocycles. The van der Waals surface area contributed by atoms with Crippen molar-refractivity contribution >= 4 is 23.2 Å². The van der Waals surface area contributed by atoms with Crippen LogP contribution in [0.4, 0.5) is 17.6 Å². The normalized spacial score (nSPS) is 18.6. The van der Waals surface area contributed by atoms with Gasteiger partial charge in [0.1, 0.15) is 11.6 Å². The zero-order chi connectivity index (χ0) is 18.8. The van der Waals surface area contributed by atoms with Crippen molar-refractivity contribution in [3.8, 4) is 0 Å². The number of hydrogen-bond acceptors (Lipinski definition) is 8. The molecule has 0 radical (unpaired) electrons. The number of nitrogens with one attached hydrogen (secondary N) is 1. The van der Waals surface area contributed by atoms with Crippen molar-refractivity contribution in [2.24, 2.45) is 0 Å². The van der Waals surface area contributed by atoms with Crippen molar-refractivity contribution in [1.29, 1.82) is 0 Å². The first kappa shape index (κ1) is 17.2. The summed E-state index contributed by atoms with van der Waals surface area (Å²) in [5.41, 5.74) is 0.884. The van der Waals surface area contributed by atoms with E-state index in [0.717, 1.165) is 75.5 Å². The lowest BCUT2D eigenvalue weighted by molar-refractivity contribution is 0.122. The van der Waals surface area contributed by atoms with Gasteiger partial charge in [-0.05, 0) is 25.0 Å². The maximum atomic E-state index is 5.41. The van der Waals surface area contributed by atoms with Crippen molar-refractivity contribution in [2.45, 2.75) is 18.9 Å². The van der Waals surface area contributed by atoms with Gasteiger partial charge in [0.05, 0.1) is 19.4 Å². The second kappa shape index (κ2) is 7.59. The maximum absolute atomic E-state index is 5.41. The van der Waals surface area contributed by atoms with Gasteiger partial charge in [-0.25, -0.2) is 14.5 Å². The van der Waals surface area contributed by atoms with E-state index >= 15 is 0 Å². The highest BCUT2D eigenvalue weighted by Gasteiger charge is 2.21.